The number of aryl methyl sites for hydroxylation is 2. The largest absolute Gasteiger partial charge is 0.377 e. The second-order valence-electron chi connectivity index (χ2n) is 7.84. The van der Waals surface area contributed by atoms with E-state index in [0.717, 1.165) is 38.2 Å². The number of hydrogen-bond donors (Lipinski definition) is 0. The molecule has 1 saturated heterocycles. The van der Waals surface area contributed by atoms with Gasteiger partial charge >= 0.3 is 0 Å². The number of ether oxygens (including phenoxy) is 1. The van der Waals surface area contributed by atoms with Crippen molar-refractivity contribution in [2.24, 2.45) is 0 Å². The monoisotopic (exact) mass is 438 g/mol. The van der Waals surface area contributed by atoms with Gasteiger partial charge in [-0.2, -0.15) is 0 Å². The molecular formula is C24H27BrN2O. The van der Waals surface area contributed by atoms with E-state index in [1.165, 1.54) is 38.5 Å². The molecule has 146 valence electrons. The van der Waals surface area contributed by atoms with Crippen molar-refractivity contribution in [2.75, 3.05) is 13.2 Å². The molecule has 0 amide bonds. The summed E-state index contributed by atoms with van der Waals surface area (Å²) < 4.78 is 7.14. The van der Waals surface area contributed by atoms with E-state index in [9.17, 15) is 0 Å². The number of benzene rings is 2. The van der Waals surface area contributed by atoms with Crippen LogP contribution < -0.4 is 0 Å². The van der Waals surface area contributed by atoms with Gasteiger partial charge in [-0.1, -0.05) is 46.3 Å². The fraction of sp³-hybridized carbons (Fsp3) is 0.375. The summed E-state index contributed by atoms with van der Waals surface area (Å²) in [5.41, 5.74) is 6.32. The Kier molecular flexibility index (Phi) is 6.10. The predicted octanol–water partition coefficient (Wildman–Crippen LogP) is 5.80. The van der Waals surface area contributed by atoms with Crippen LogP contribution in [0, 0.1) is 13.8 Å². The molecule has 0 bridgehead atoms. The third kappa shape index (κ3) is 4.45. The number of nitrogens with zero attached hydrogens (tertiary/aromatic N) is 2. The van der Waals surface area contributed by atoms with Crippen LogP contribution in [0.2, 0.25) is 0 Å². The third-order valence-electron chi connectivity index (χ3n) is 5.58. The van der Waals surface area contributed by atoms with E-state index < -0.39 is 0 Å². The highest BCUT2D eigenvalue weighted by Crippen LogP contribution is 2.26. The second-order valence-corrected chi connectivity index (χ2v) is 8.69. The van der Waals surface area contributed by atoms with Crippen LogP contribution >= 0.6 is 15.9 Å². The Morgan fingerprint density at radius 1 is 1.14 bits per heavy atom. The van der Waals surface area contributed by atoms with Crippen LogP contribution in [0.5, 0.6) is 0 Å². The van der Waals surface area contributed by atoms with Crippen molar-refractivity contribution < 1.29 is 4.74 Å². The van der Waals surface area contributed by atoms with Gasteiger partial charge in [0.2, 0.25) is 0 Å². The molecule has 0 N–H and O–H groups in total. The SMILES string of the molecule is Cc1ccc(CN(Cc2c(C)ccc3cccnc23)CC2CCCO2)c(Br)c1. The summed E-state index contributed by atoms with van der Waals surface area (Å²) in [7, 11) is 0. The van der Waals surface area contributed by atoms with Gasteiger partial charge in [0.1, 0.15) is 0 Å². The summed E-state index contributed by atoms with van der Waals surface area (Å²) in [5, 5.41) is 1.21. The summed E-state index contributed by atoms with van der Waals surface area (Å²) >= 11 is 3.76. The molecule has 3 aromatic rings. The third-order valence-corrected chi connectivity index (χ3v) is 6.32. The van der Waals surface area contributed by atoms with Crippen molar-refractivity contribution in [3.63, 3.8) is 0 Å². The molecule has 0 saturated carbocycles. The van der Waals surface area contributed by atoms with E-state index in [1.807, 2.05) is 12.3 Å². The first-order valence-electron chi connectivity index (χ1n) is 10.0. The average molecular weight is 439 g/mol. The maximum Gasteiger partial charge on any atom is 0.0749 e. The summed E-state index contributed by atoms with van der Waals surface area (Å²) in [6.07, 6.45) is 4.54. The Labute approximate surface area is 175 Å². The zero-order chi connectivity index (χ0) is 19.5. The molecule has 0 radical (unpaired) electrons. The lowest BCUT2D eigenvalue weighted by Crippen LogP contribution is -2.32. The maximum atomic E-state index is 5.96. The lowest BCUT2D eigenvalue weighted by atomic mass is 10.0. The van der Waals surface area contributed by atoms with Crippen molar-refractivity contribution in [3.8, 4) is 0 Å². The summed E-state index contributed by atoms with van der Waals surface area (Å²) in [5.74, 6) is 0. The summed E-state index contributed by atoms with van der Waals surface area (Å²) in [6, 6.07) is 15.2. The molecule has 4 rings (SSSR count). The Morgan fingerprint density at radius 3 is 2.82 bits per heavy atom. The van der Waals surface area contributed by atoms with Gasteiger partial charge in [-0.15, -0.1) is 0 Å². The number of fused-ring (bicyclic) bond motifs is 1. The quantitative estimate of drug-likeness (QED) is 0.486. The second kappa shape index (κ2) is 8.73. The van der Waals surface area contributed by atoms with Gasteiger partial charge in [0, 0.05) is 42.3 Å². The van der Waals surface area contributed by atoms with Crippen molar-refractivity contribution in [2.45, 2.75) is 45.9 Å². The topological polar surface area (TPSA) is 25.4 Å². The van der Waals surface area contributed by atoms with E-state index in [0.29, 0.717) is 6.10 Å². The Hall–Kier alpha value is -1.75. The van der Waals surface area contributed by atoms with Gasteiger partial charge in [0.15, 0.2) is 0 Å². The van der Waals surface area contributed by atoms with Gasteiger partial charge < -0.3 is 4.74 Å². The van der Waals surface area contributed by atoms with Gasteiger partial charge in [0.25, 0.3) is 0 Å². The van der Waals surface area contributed by atoms with Crippen LogP contribution in [0.1, 0.15) is 35.1 Å². The minimum Gasteiger partial charge on any atom is -0.377 e. The van der Waals surface area contributed by atoms with Gasteiger partial charge in [-0.3, -0.25) is 9.88 Å². The zero-order valence-corrected chi connectivity index (χ0v) is 18.2. The van der Waals surface area contributed by atoms with Crippen LogP contribution in [0.25, 0.3) is 10.9 Å². The average Bonchev–Trinajstić information content (AvgIpc) is 3.19. The fourth-order valence-electron chi connectivity index (χ4n) is 4.01. The first-order valence-corrected chi connectivity index (χ1v) is 10.8. The van der Waals surface area contributed by atoms with Crippen molar-refractivity contribution in [3.05, 3.63) is 75.4 Å². The fourth-order valence-corrected chi connectivity index (χ4v) is 4.63. The van der Waals surface area contributed by atoms with Crippen LogP contribution in [0.3, 0.4) is 0 Å². The highest BCUT2D eigenvalue weighted by Gasteiger charge is 2.21. The van der Waals surface area contributed by atoms with Crippen LogP contribution in [0.4, 0.5) is 0 Å². The van der Waals surface area contributed by atoms with Gasteiger partial charge in [0.05, 0.1) is 11.6 Å². The molecule has 1 atom stereocenters. The molecule has 3 nitrogen and oxygen atoms in total. The smallest absolute Gasteiger partial charge is 0.0749 e. The lowest BCUT2D eigenvalue weighted by Gasteiger charge is -2.27. The molecule has 28 heavy (non-hydrogen) atoms. The first kappa shape index (κ1) is 19.6. The van der Waals surface area contributed by atoms with E-state index in [4.69, 9.17) is 9.72 Å². The Bertz CT molecular complexity index is 966. The summed E-state index contributed by atoms with van der Waals surface area (Å²) in [6.45, 7) is 7.92. The van der Waals surface area contributed by atoms with Crippen molar-refractivity contribution in [1.82, 2.24) is 9.88 Å². The maximum absolute atomic E-state index is 5.96. The number of pyridine rings is 1. The molecule has 0 spiro atoms. The van der Waals surface area contributed by atoms with E-state index in [2.05, 4.69) is 71.1 Å². The van der Waals surface area contributed by atoms with E-state index in [-0.39, 0.29) is 0 Å². The van der Waals surface area contributed by atoms with Crippen LogP contribution in [0.15, 0.2) is 53.1 Å². The Morgan fingerprint density at radius 2 is 2.04 bits per heavy atom. The van der Waals surface area contributed by atoms with Gasteiger partial charge in [-0.05, 0) is 61.1 Å². The Balaban J connectivity index is 1.64. The predicted molar refractivity (Wildman–Crippen MR) is 118 cm³/mol. The molecule has 1 aliphatic heterocycles. The van der Waals surface area contributed by atoms with Crippen molar-refractivity contribution in [1.29, 1.82) is 0 Å². The zero-order valence-electron chi connectivity index (χ0n) is 16.6. The first-order chi connectivity index (χ1) is 13.6. The molecule has 0 aliphatic carbocycles. The molecule has 1 fully saturated rings. The molecule has 1 aromatic heterocycles. The van der Waals surface area contributed by atoms with Crippen LogP contribution in [-0.2, 0) is 17.8 Å². The highest BCUT2D eigenvalue weighted by atomic mass is 79.9. The standard InChI is InChI=1S/C24H27BrN2O/c1-17-7-9-20(23(25)13-17)14-27(15-21-6-4-12-28-21)16-22-18(2)8-10-19-5-3-11-26-24(19)22/h3,5,7-11,13,21H,4,6,12,14-16H2,1-2H3. The number of rotatable bonds is 6. The molecule has 2 aromatic carbocycles. The minimum absolute atomic E-state index is 0.326. The molecule has 1 unspecified atom stereocenters. The normalized spacial score (nSPS) is 16.9. The number of halogens is 1. The number of aromatic nitrogens is 1. The molecule has 4 heteroatoms. The van der Waals surface area contributed by atoms with Crippen molar-refractivity contribution >= 4 is 26.8 Å². The minimum atomic E-state index is 0.326. The molecular weight excluding hydrogens is 412 g/mol. The number of hydrogen-bond acceptors (Lipinski definition) is 3. The van der Waals surface area contributed by atoms with E-state index in [1.54, 1.807) is 0 Å². The summed E-state index contributed by atoms with van der Waals surface area (Å²) in [4.78, 5) is 7.21. The molecule has 2 heterocycles. The molecule has 1 aliphatic rings. The van der Waals surface area contributed by atoms with E-state index >= 15 is 0 Å². The van der Waals surface area contributed by atoms with Crippen LogP contribution in [-0.4, -0.2) is 29.1 Å². The highest BCUT2D eigenvalue weighted by molar-refractivity contribution is 9.10. The van der Waals surface area contributed by atoms with Gasteiger partial charge in [-0.25, -0.2) is 0 Å². The lowest BCUT2D eigenvalue weighted by molar-refractivity contribution is 0.0679.